The standard InChI is InChI=1S/C15H16ClN3O/c1-19(2)12-5-3-4-11(9-12)18-15(20)10-6-7-14(17)13(16)8-10/h3-9H,17H2,1-2H3,(H,18,20). The highest BCUT2D eigenvalue weighted by molar-refractivity contribution is 6.33. The molecule has 2 rings (SSSR count). The van der Waals surface area contributed by atoms with E-state index < -0.39 is 0 Å². The molecule has 0 radical (unpaired) electrons. The van der Waals surface area contributed by atoms with Gasteiger partial charge >= 0.3 is 0 Å². The average molecular weight is 290 g/mol. The van der Waals surface area contributed by atoms with E-state index in [1.54, 1.807) is 18.2 Å². The van der Waals surface area contributed by atoms with E-state index in [9.17, 15) is 4.79 Å². The molecule has 0 atom stereocenters. The summed E-state index contributed by atoms with van der Waals surface area (Å²) in [6, 6.07) is 12.4. The number of amides is 1. The lowest BCUT2D eigenvalue weighted by molar-refractivity contribution is 0.102. The van der Waals surface area contributed by atoms with Crippen molar-refractivity contribution in [2.24, 2.45) is 0 Å². The topological polar surface area (TPSA) is 58.4 Å². The van der Waals surface area contributed by atoms with Crippen molar-refractivity contribution in [3.05, 3.63) is 53.1 Å². The molecule has 0 saturated carbocycles. The predicted octanol–water partition coefficient (Wildman–Crippen LogP) is 3.24. The maximum Gasteiger partial charge on any atom is 0.255 e. The third kappa shape index (κ3) is 3.22. The van der Waals surface area contributed by atoms with Crippen LogP contribution in [-0.2, 0) is 0 Å². The normalized spacial score (nSPS) is 10.2. The molecule has 0 bridgehead atoms. The van der Waals surface area contributed by atoms with Crippen LogP contribution in [0.15, 0.2) is 42.5 Å². The Morgan fingerprint density at radius 1 is 1.20 bits per heavy atom. The summed E-state index contributed by atoms with van der Waals surface area (Å²) in [5.74, 6) is -0.220. The number of anilines is 3. The van der Waals surface area contributed by atoms with Crippen LogP contribution in [0.4, 0.5) is 17.1 Å². The minimum atomic E-state index is -0.220. The van der Waals surface area contributed by atoms with E-state index in [4.69, 9.17) is 17.3 Å². The first-order valence-electron chi connectivity index (χ1n) is 6.11. The second-order valence-electron chi connectivity index (χ2n) is 4.64. The van der Waals surface area contributed by atoms with Crippen LogP contribution in [0.1, 0.15) is 10.4 Å². The van der Waals surface area contributed by atoms with Crippen LogP contribution < -0.4 is 16.0 Å². The molecule has 20 heavy (non-hydrogen) atoms. The summed E-state index contributed by atoms with van der Waals surface area (Å²) < 4.78 is 0. The molecule has 0 aromatic heterocycles. The van der Waals surface area contributed by atoms with Crippen LogP contribution in [0.5, 0.6) is 0 Å². The smallest absolute Gasteiger partial charge is 0.255 e. The van der Waals surface area contributed by atoms with Crippen LogP contribution in [-0.4, -0.2) is 20.0 Å². The highest BCUT2D eigenvalue weighted by Gasteiger charge is 2.08. The zero-order valence-electron chi connectivity index (χ0n) is 11.4. The molecular weight excluding hydrogens is 274 g/mol. The first-order chi connectivity index (χ1) is 9.47. The summed E-state index contributed by atoms with van der Waals surface area (Å²) in [5, 5.41) is 3.21. The Kier molecular flexibility index (Phi) is 4.15. The maximum absolute atomic E-state index is 12.1. The van der Waals surface area contributed by atoms with E-state index in [-0.39, 0.29) is 5.91 Å². The van der Waals surface area contributed by atoms with Crippen molar-refractivity contribution < 1.29 is 4.79 Å². The van der Waals surface area contributed by atoms with E-state index in [1.807, 2.05) is 43.3 Å². The van der Waals surface area contributed by atoms with Crippen molar-refractivity contribution in [1.82, 2.24) is 0 Å². The molecular formula is C15H16ClN3O. The molecule has 0 aliphatic heterocycles. The van der Waals surface area contributed by atoms with Gasteiger partial charge in [0.15, 0.2) is 0 Å². The molecule has 0 saturated heterocycles. The lowest BCUT2D eigenvalue weighted by Gasteiger charge is -2.14. The quantitative estimate of drug-likeness (QED) is 0.853. The van der Waals surface area contributed by atoms with Crippen molar-refractivity contribution in [3.8, 4) is 0 Å². The van der Waals surface area contributed by atoms with Gasteiger partial charge in [-0.2, -0.15) is 0 Å². The van der Waals surface area contributed by atoms with E-state index in [0.29, 0.717) is 16.3 Å². The highest BCUT2D eigenvalue weighted by atomic mass is 35.5. The Hall–Kier alpha value is -2.20. The number of carbonyl (C=O) groups excluding carboxylic acids is 1. The summed E-state index contributed by atoms with van der Waals surface area (Å²) in [4.78, 5) is 14.1. The van der Waals surface area contributed by atoms with Gasteiger partial charge < -0.3 is 16.0 Å². The average Bonchev–Trinajstić information content (AvgIpc) is 2.42. The molecule has 0 aliphatic carbocycles. The third-order valence-corrected chi connectivity index (χ3v) is 3.21. The zero-order chi connectivity index (χ0) is 14.7. The molecule has 0 fully saturated rings. The second-order valence-corrected chi connectivity index (χ2v) is 5.04. The van der Waals surface area contributed by atoms with Gasteiger partial charge in [-0.15, -0.1) is 0 Å². The van der Waals surface area contributed by atoms with Gasteiger partial charge in [0.25, 0.3) is 5.91 Å². The number of nitrogens with two attached hydrogens (primary N) is 1. The van der Waals surface area contributed by atoms with Gasteiger partial charge in [0.05, 0.1) is 10.7 Å². The SMILES string of the molecule is CN(C)c1cccc(NC(=O)c2ccc(N)c(Cl)c2)c1. The van der Waals surface area contributed by atoms with Crippen molar-refractivity contribution in [1.29, 1.82) is 0 Å². The summed E-state index contributed by atoms with van der Waals surface area (Å²) in [7, 11) is 3.89. The fourth-order valence-electron chi connectivity index (χ4n) is 1.73. The number of hydrogen-bond donors (Lipinski definition) is 2. The van der Waals surface area contributed by atoms with E-state index in [1.165, 1.54) is 0 Å². The first kappa shape index (κ1) is 14.2. The fraction of sp³-hybridized carbons (Fsp3) is 0.133. The van der Waals surface area contributed by atoms with Gasteiger partial charge in [0, 0.05) is 31.0 Å². The van der Waals surface area contributed by atoms with E-state index in [2.05, 4.69) is 5.32 Å². The summed E-state index contributed by atoms with van der Waals surface area (Å²) in [5.41, 5.74) is 8.30. The van der Waals surface area contributed by atoms with Crippen molar-refractivity contribution in [3.63, 3.8) is 0 Å². The third-order valence-electron chi connectivity index (χ3n) is 2.88. The van der Waals surface area contributed by atoms with Crippen LogP contribution in [0.3, 0.4) is 0 Å². The number of nitrogens with zero attached hydrogens (tertiary/aromatic N) is 1. The Bertz CT molecular complexity index is 641. The van der Waals surface area contributed by atoms with Gasteiger partial charge in [0.2, 0.25) is 0 Å². The summed E-state index contributed by atoms with van der Waals surface area (Å²) >= 11 is 5.92. The van der Waals surface area contributed by atoms with E-state index >= 15 is 0 Å². The summed E-state index contributed by atoms with van der Waals surface area (Å²) in [6.45, 7) is 0. The van der Waals surface area contributed by atoms with Crippen LogP contribution in [0.25, 0.3) is 0 Å². The largest absolute Gasteiger partial charge is 0.398 e. The number of nitrogens with one attached hydrogen (secondary N) is 1. The van der Waals surface area contributed by atoms with Gasteiger partial charge in [0.1, 0.15) is 0 Å². The van der Waals surface area contributed by atoms with Gasteiger partial charge in [-0.05, 0) is 36.4 Å². The summed E-state index contributed by atoms with van der Waals surface area (Å²) in [6.07, 6.45) is 0. The molecule has 1 amide bonds. The monoisotopic (exact) mass is 289 g/mol. The maximum atomic E-state index is 12.1. The second kappa shape index (κ2) is 5.84. The van der Waals surface area contributed by atoms with Crippen LogP contribution in [0.2, 0.25) is 5.02 Å². The van der Waals surface area contributed by atoms with Crippen molar-refractivity contribution in [2.75, 3.05) is 30.0 Å². The molecule has 4 nitrogen and oxygen atoms in total. The lowest BCUT2D eigenvalue weighted by atomic mass is 10.2. The number of rotatable bonds is 3. The molecule has 3 N–H and O–H groups in total. The van der Waals surface area contributed by atoms with Crippen LogP contribution in [0, 0.1) is 0 Å². The van der Waals surface area contributed by atoms with Crippen LogP contribution >= 0.6 is 11.6 Å². The Morgan fingerprint density at radius 3 is 2.60 bits per heavy atom. The van der Waals surface area contributed by atoms with E-state index in [0.717, 1.165) is 11.4 Å². The lowest BCUT2D eigenvalue weighted by Crippen LogP contribution is -2.13. The number of nitrogen functional groups attached to an aromatic ring is 1. The number of carbonyl (C=O) groups is 1. The van der Waals surface area contributed by atoms with Gasteiger partial charge in [-0.1, -0.05) is 17.7 Å². The number of benzene rings is 2. The molecule has 0 heterocycles. The van der Waals surface area contributed by atoms with Gasteiger partial charge in [-0.25, -0.2) is 0 Å². The number of halogens is 1. The minimum Gasteiger partial charge on any atom is -0.398 e. The Morgan fingerprint density at radius 2 is 1.95 bits per heavy atom. The van der Waals surface area contributed by atoms with Gasteiger partial charge in [-0.3, -0.25) is 4.79 Å². The molecule has 0 aliphatic rings. The number of hydrogen-bond acceptors (Lipinski definition) is 3. The molecule has 0 spiro atoms. The molecule has 104 valence electrons. The predicted molar refractivity (Wildman–Crippen MR) is 84.6 cm³/mol. The first-order valence-corrected chi connectivity index (χ1v) is 6.49. The molecule has 0 unspecified atom stereocenters. The molecule has 2 aromatic carbocycles. The van der Waals surface area contributed by atoms with Crippen molar-refractivity contribution >= 4 is 34.6 Å². The molecule has 2 aromatic rings. The van der Waals surface area contributed by atoms with Crippen molar-refractivity contribution in [2.45, 2.75) is 0 Å². The fourth-order valence-corrected chi connectivity index (χ4v) is 1.91. The highest BCUT2D eigenvalue weighted by Crippen LogP contribution is 2.21. The Labute approximate surface area is 123 Å². The Balaban J connectivity index is 2.19. The zero-order valence-corrected chi connectivity index (χ0v) is 12.1. The molecule has 5 heteroatoms. The minimum absolute atomic E-state index is 0.220.